The maximum Gasteiger partial charge on any atom is 0.286 e. The van der Waals surface area contributed by atoms with Gasteiger partial charge >= 0.3 is 0 Å². The molecule has 0 radical (unpaired) electrons. The van der Waals surface area contributed by atoms with Crippen LogP contribution in [-0.4, -0.2) is 22.2 Å². The predicted molar refractivity (Wildman–Crippen MR) is 111 cm³/mol. The zero-order chi connectivity index (χ0) is 20.1. The lowest BCUT2D eigenvalue weighted by molar-refractivity contribution is 0.0921. The number of nitrogens with one attached hydrogen (secondary N) is 1. The van der Waals surface area contributed by atoms with Crippen molar-refractivity contribution in [3.8, 4) is 5.75 Å². The van der Waals surface area contributed by atoms with Crippen molar-refractivity contribution in [1.82, 2.24) is 15.1 Å². The molecule has 6 nitrogen and oxygen atoms in total. The molecule has 7 heteroatoms. The first kappa shape index (κ1) is 20.2. The summed E-state index contributed by atoms with van der Waals surface area (Å²) in [7, 11) is 0. The molecule has 0 atom stereocenters. The number of carbonyl (C=O) groups is 1. The van der Waals surface area contributed by atoms with Crippen molar-refractivity contribution in [1.29, 1.82) is 0 Å². The van der Waals surface area contributed by atoms with Gasteiger partial charge in [0.15, 0.2) is 5.76 Å². The lowest BCUT2D eigenvalue weighted by atomic mass is 10.2. The number of hydrogen-bond acceptors (Lipinski definition) is 4. The average Bonchev–Trinajstić information content (AvgIpc) is 3.24. The van der Waals surface area contributed by atoms with Crippen LogP contribution in [0.5, 0.6) is 5.75 Å². The first-order chi connectivity index (χ1) is 13.4. The number of rotatable bonds is 8. The second-order valence-electron chi connectivity index (χ2n) is 6.69. The molecule has 0 spiro atoms. The quantitative estimate of drug-likeness (QED) is 0.515. The fourth-order valence-electron chi connectivity index (χ4n) is 2.85. The minimum atomic E-state index is -0.226. The summed E-state index contributed by atoms with van der Waals surface area (Å²) in [5.74, 6) is 1.45. The first-order valence-electron chi connectivity index (χ1n) is 9.20. The van der Waals surface area contributed by atoms with Gasteiger partial charge in [-0.15, -0.1) is 0 Å². The summed E-state index contributed by atoms with van der Waals surface area (Å²) in [4.78, 5) is 12.2. The molecule has 3 rings (SSSR count). The molecule has 0 aliphatic carbocycles. The summed E-state index contributed by atoms with van der Waals surface area (Å²) in [5, 5.41) is 7.34. The Bertz CT molecular complexity index is 962. The Morgan fingerprint density at radius 1 is 1.25 bits per heavy atom. The van der Waals surface area contributed by atoms with Crippen LogP contribution < -0.4 is 10.1 Å². The summed E-state index contributed by atoms with van der Waals surface area (Å²) in [6.45, 7) is 7.56. The van der Waals surface area contributed by atoms with Crippen LogP contribution in [0.3, 0.4) is 0 Å². The van der Waals surface area contributed by atoms with E-state index in [0.717, 1.165) is 40.1 Å². The largest absolute Gasteiger partial charge is 0.486 e. The lowest BCUT2D eigenvalue weighted by Crippen LogP contribution is -2.25. The highest BCUT2D eigenvalue weighted by molar-refractivity contribution is 9.10. The van der Waals surface area contributed by atoms with E-state index in [9.17, 15) is 4.79 Å². The fourth-order valence-corrected chi connectivity index (χ4v) is 3.13. The van der Waals surface area contributed by atoms with Crippen LogP contribution in [0.4, 0.5) is 0 Å². The number of ether oxygens (including phenoxy) is 1. The Labute approximate surface area is 173 Å². The van der Waals surface area contributed by atoms with Gasteiger partial charge in [0.05, 0.1) is 10.2 Å². The third-order valence-corrected chi connectivity index (χ3v) is 5.53. The molecule has 1 amide bonds. The predicted octanol–water partition coefficient (Wildman–Crippen LogP) is 4.56. The number of furan rings is 1. The molecule has 1 N–H and O–H groups in total. The molecule has 2 heterocycles. The molecule has 1 aromatic carbocycles. The normalized spacial score (nSPS) is 10.9. The van der Waals surface area contributed by atoms with Crippen LogP contribution in [0.25, 0.3) is 0 Å². The molecular formula is C21H24BrN3O3. The van der Waals surface area contributed by atoms with Crippen molar-refractivity contribution in [2.24, 2.45) is 0 Å². The Hall–Kier alpha value is -2.54. The molecule has 28 heavy (non-hydrogen) atoms. The Morgan fingerprint density at radius 3 is 2.79 bits per heavy atom. The molecule has 0 bridgehead atoms. The zero-order valence-electron chi connectivity index (χ0n) is 16.3. The van der Waals surface area contributed by atoms with Gasteiger partial charge in [-0.3, -0.25) is 9.48 Å². The maximum atomic E-state index is 12.2. The summed E-state index contributed by atoms with van der Waals surface area (Å²) in [6, 6.07) is 11.2. The third kappa shape index (κ3) is 5.04. The number of aromatic nitrogens is 2. The van der Waals surface area contributed by atoms with Crippen LogP contribution in [0.2, 0.25) is 0 Å². The molecule has 0 saturated carbocycles. The number of aryl methyl sites for hydroxylation is 3. The number of nitrogens with zero attached hydrogens (tertiary/aromatic N) is 2. The average molecular weight is 446 g/mol. The standard InChI is InChI=1S/C21H24BrN3O3/c1-14-6-4-7-17(12-14)27-13-18-8-9-19(28-18)21(26)23-10-5-11-25-16(3)20(22)15(2)24-25/h4,6-9,12H,5,10-11,13H2,1-3H3,(H,23,26). The molecule has 0 fully saturated rings. The Balaban J connectivity index is 1.44. The number of carbonyl (C=O) groups excluding carboxylic acids is 1. The van der Waals surface area contributed by atoms with Gasteiger partial charge in [-0.2, -0.15) is 5.10 Å². The number of hydrogen-bond donors (Lipinski definition) is 1. The molecule has 0 unspecified atom stereocenters. The summed E-state index contributed by atoms with van der Waals surface area (Å²) < 4.78 is 14.3. The van der Waals surface area contributed by atoms with Gasteiger partial charge in [-0.05, 0) is 73.0 Å². The zero-order valence-corrected chi connectivity index (χ0v) is 17.9. The highest BCUT2D eigenvalue weighted by atomic mass is 79.9. The van der Waals surface area contributed by atoms with Crippen molar-refractivity contribution in [2.45, 2.75) is 40.3 Å². The van der Waals surface area contributed by atoms with Crippen LogP contribution in [0.15, 0.2) is 45.3 Å². The van der Waals surface area contributed by atoms with E-state index < -0.39 is 0 Å². The number of amides is 1. The van der Waals surface area contributed by atoms with Gasteiger partial charge in [0.2, 0.25) is 0 Å². The minimum absolute atomic E-state index is 0.226. The molecule has 3 aromatic rings. The van der Waals surface area contributed by atoms with Gasteiger partial charge in [0, 0.05) is 18.8 Å². The van der Waals surface area contributed by atoms with E-state index >= 15 is 0 Å². The second kappa shape index (κ2) is 9.10. The number of benzene rings is 1. The van der Waals surface area contributed by atoms with Gasteiger partial charge in [0.1, 0.15) is 18.1 Å². The monoisotopic (exact) mass is 445 g/mol. The Morgan fingerprint density at radius 2 is 2.07 bits per heavy atom. The van der Waals surface area contributed by atoms with Gasteiger partial charge in [0.25, 0.3) is 5.91 Å². The van der Waals surface area contributed by atoms with Crippen molar-refractivity contribution < 1.29 is 13.9 Å². The Kier molecular flexibility index (Phi) is 6.57. The maximum absolute atomic E-state index is 12.2. The second-order valence-corrected chi connectivity index (χ2v) is 7.48. The van der Waals surface area contributed by atoms with Crippen LogP contribution >= 0.6 is 15.9 Å². The SMILES string of the molecule is Cc1cccc(OCc2ccc(C(=O)NCCCn3nc(C)c(Br)c3C)o2)c1. The smallest absolute Gasteiger partial charge is 0.286 e. The van der Waals surface area contributed by atoms with Crippen molar-refractivity contribution in [3.05, 3.63) is 69.3 Å². The van der Waals surface area contributed by atoms with Gasteiger partial charge in [-0.25, -0.2) is 0 Å². The van der Waals surface area contributed by atoms with E-state index in [0.29, 0.717) is 12.3 Å². The summed E-state index contributed by atoms with van der Waals surface area (Å²) >= 11 is 3.52. The van der Waals surface area contributed by atoms with E-state index in [-0.39, 0.29) is 18.3 Å². The van der Waals surface area contributed by atoms with E-state index in [4.69, 9.17) is 9.15 Å². The third-order valence-electron chi connectivity index (χ3n) is 4.38. The van der Waals surface area contributed by atoms with E-state index in [1.54, 1.807) is 12.1 Å². The topological polar surface area (TPSA) is 69.3 Å². The molecular weight excluding hydrogens is 422 g/mol. The van der Waals surface area contributed by atoms with E-state index in [1.807, 2.05) is 49.7 Å². The molecule has 0 saturated heterocycles. The molecule has 0 aliphatic rings. The van der Waals surface area contributed by atoms with E-state index in [2.05, 4.69) is 26.3 Å². The summed E-state index contributed by atoms with van der Waals surface area (Å²) in [5.41, 5.74) is 3.19. The van der Waals surface area contributed by atoms with Gasteiger partial charge < -0.3 is 14.5 Å². The molecule has 148 valence electrons. The minimum Gasteiger partial charge on any atom is -0.486 e. The highest BCUT2D eigenvalue weighted by Gasteiger charge is 2.12. The van der Waals surface area contributed by atoms with Crippen molar-refractivity contribution >= 4 is 21.8 Å². The number of halogens is 1. The van der Waals surface area contributed by atoms with Crippen LogP contribution in [0.1, 0.15) is 39.7 Å². The fraction of sp³-hybridized carbons (Fsp3) is 0.333. The lowest BCUT2D eigenvalue weighted by Gasteiger charge is -2.06. The van der Waals surface area contributed by atoms with E-state index in [1.165, 1.54) is 0 Å². The highest BCUT2D eigenvalue weighted by Crippen LogP contribution is 2.20. The summed E-state index contributed by atoms with van der Waals surface area (Å²) in [6.07, 6.45) is 0.782. The molecule has 0 aliphatic heterocycles. The van der Waals surface area contributed by atoms with Gasteiger partial charge in [-0.1, -0.05) is 12.1 Å². The van der Waals surface area contributed by atoms with Crippen molar-refractivity contribution in [3.63, 3.8) is 0 Å². The first-order valence-corrected chi connectivity index (χ1v) is 9.99. The van der Waals surface area contributed by atoms with Crippen LogP contribution in [0, 0.1) is 20.8 Å². The van der Waals surface area contributed by atoms with Crippen molar-refractivity contribution in [2.75, 3.05) is 6.54 Å². The molecule has 2 aromatic heterocycles. The van der Waals surface area contributed by atoms with Crippen LogP contribution in [-0.2, 0) is 13.2 Å².